The highest BCUT2D eigenvalue weighted by atomic mass is 19.1. The molecule has 1 aromatic rings. The fraction of sp³-hybridized carbons (Fsp3) is 0.467. The number of aliphatic hydroxyl groups excluding tert-OH is 2. The van der Waals surface area contributed by atoms with Crippen molar-refractivity contribution in [3.05, 3.63) is 35.1 Å². The van der Waals surface area contributed by atoms with Crippen molar-refractivity contribution in [3.63, 3.8) is 0 Å². The zero-order valence-electron chi connectivity index (χ0n) is 11.2. The summed E-state index contributed by atoms with van der Waals surface area (Å²) in [6.45, 7) is 2.12. The monoisotopic (exact) mass is 279 g/mol. The molecule has 1 fully saturated rings. The lowest BCUT2D eigenvalue weighted by atomic mass is 10.1. The Morgan fingerprint density at radius 1 is 1.35 bits per heavy atom. The van der Waals surface area contributed by atoms with Crippen LogP contribution in [0.1, 0.15) is 11.1 Å². The van der Waals surface area contributed by atoms with Gasteiger partial charge in [0.2, 0.25) is 0 Å². The first-order valence-corrected chi connectivity index (χ1v) is 6.55. The molecule has 0 amide bonds. The molecule has 5 heteroatoms. The maximum atomic E-state index is 13.6. The number of nitrogens with zero attached hydrogens (tertiary/aromatic N) is 1. The van der Waals surface area contributed by atoms with Crippen LogP contribution in [0.25, 0.3) is 0 Å². The van der Waals surface area contributed by atoms with E-state index in [4.69, 9.17) is 9.84 Å². The molecule has 0 bridgehead atoms. The fourth-order valence-electron chi connectivity index (χ4n) is 2.26. The Balaban J connectivity index is 2.13. The zero-order valence-corrected chi connectivity index (χ0v) is 11.2. The molecule has 0 spiro atoms. The van der Waals surface area contributed by atoms with E-state index in [0.29, 0.717) is 31.9 Å². The first-order chi connectivity index (χ1) is 9.72. The Kier molecular flexibility index (Phi) is 5.50. The van der Waals surface area contributed by atoms with E-state index >= 15 is 0 Å². The normalized spacial score (nSPS) is 19.4. The van der Waals surface area contributed by atoms with E-state index in [2.05, 4.69) is 16.7 Å². The van der Waals surface area contributed by atoms with Gasteiger partial charge in [0.15, 0.2) is 0 Å². The van der Waals surface area contributed by atoms with Crippen molar-refractivity contribution < 1.29 is 19.3 Å². The molecule has 1 atom stereocenters. The Bertz CT molecular complexity index is 510. The number of morpholine rings is 1. The molecule has 1 unspecified atom stereocenters. The van der Waals surface area contributed by atoms with Gasteiger partial charge < -0.3 is 14.9 Å². The summed E-state index contributed by atoms with van der Waals surface area (Å²) in [5.41, 5.74) is 1.34. The summed E-state index contributed by atoms with van der Waals surface area (Å²) in [7, 11) is 0. The first-order valence-electron chi connectivity index (χ1n) is 6.55. The summed E-state index contributed by atoms with van der Waals surface area (Å²) in [5.74, 6) is 4.86. The molecule has 0 aromatic heterocycles. The van der Waals surface area contributed by atoms with Gasteiger partial charge >= 0.3 is 0 Å². The minimum Gasteiger partial charge on any atom is -0.395 e. The molecule has 0 aliphatic carbocycles. The van der Waals surface area contributed by atoms with Gasteiger partial charge in [-0.15, -0.1) is 0 Å². The molecule has 2 rings (SSSR count). The molecule has 2 N–H and O–H groups in total. The van der Waals surface area contributed by atoms with E-state index in [1.54, 1.807) is 6.07 Å². The lowest BCUT2D eigenvalue weighted by Crippen LogP contribution is -2.46. The van der Waals surface area contributed by atoms with Crippen molar-refractivity contribution in [2.75, 3.05) is 33.0 Å². The Labute approximate surface area is 117 Å². The third-order valence-corrected chi connectivity index (χ3v) is 3.22. The molecule has 0 saturated carbocycles. The van der Waals surface area contributed by atoms with Crippen LogP contribution in [0.5, 0.6) is 0 Å². The minimum atomic E-state index is -0.349. The lowest BCUT2D eigenvalue weighted by Gasteiger charge is -2.34. The highest BCUT2D eigenvalue weighted by molar-refractivity contribution is 5.37. The summed E-state index contributed by atoms with van der Waals surface area (Å²) >= 11 is 0. The SMILES string of the molecule is OCC#Cc1cc(F)cc(CN2CCOCC2CO)c1. The molecule has 108 valence electrons. The summed E-state index contributed by atoms with van der Waals surface area (Å²) in [6, 6.07) is 4.55. The van der Waals surface area contributed by atoms with Gasteiger partial charge in [0.05, 0.1) is 25.9 Å². The smallest absolute Gasteiger partial charge is 0.124 e. The van der Waals surface area contributed by atoms with Crippen molar-refractivity contribution in [3.8, 4) is 11.8 Å². The van der Waals surface area contributed by atoms with Crippen LogP contribution in [0.2, 0.25) is 0 Å². The van der Waals surface area contributed by atoms with Crippen LogP contribution in [-0.4, -0.2) is 54.1 Å². The number of benzene rings is 1. The largest absolute Gasteiger partial charge is 0.395 e. The second-order valence-corrected chi connectivity index (χ2v) is 4.69. The summed E-state index contributed by atoms with van der Waals surface area (Å²) in [5, 5.41) is 18.0. The van der Waals surface area contributed by atoms with Gasteiger partial charge in [-0.05, 0) is 23.8 Å². The number of aliphatic hydroxyl groups is 2. The molecule has 1 heterocycles. The van der Waals surface area contributed by atoms with Gasteiger partial charge in [-0.2, -0.15) is 0 Å². The second kappa shape index (κ2) is 7.36. The van der Waals surface area contributed by atoms with E-state index in [0.717, 1.165) is 5.56 Å². The van der Waals surface area contributed by atoms with Crippen molar-refractivity contribution in [1.29, 1.82) is 0 Å². The Hall–Kier alpha value is -1.45. The van der Waals surface area contributed by atoms with Crippen molar-refractivity contribution in [2.24, 2.45) is 0 Å². The van der Waals surface area contributed by atoms with E-state index in [-0.39, 0.29) is 25.1 Å². The lowest BCUT2D eigenvalue weighted by molar-refractivity contribution is -0.0312. The highest BCUT2D eigenvalue weighted by Gasteiger charge is 2.22. The van der Waals surface area contributed by atoms with E-state index < -0.39 is 0 Å². The molecule has 4 nitrogen and oxygen atoms in total. The van der Waals surface area contributed by atoms with Crippen molar-refractivity contribution in [1.82, 2.24) is 4.90 Å². The molecule has 1 saturated heterocycles. The van der Waals surface area contributed by atoms with Crippen molar-refractivity contribution in [2.45, 2.75) is 12.6 Å². The standard InChI is InChI=1S/C15H18FNO3/c16-14-7-12(2-1-4-18)6-13(8-14)9-17-3-5-20-11-15(17)10-19/h6-8,15,18-19H,3-5,9-11H2. The number of halogens is 1. The number of ether oxygens (including phenoxy) is 1. The van der Waals surface area contributed by atoms with Crippen LogP contribution in [0.3, 0.4) is 0 Å². The zero-order chi connectivity index (χ0) is 14.4. The fourth-order valence-corrected chi connectivity index (χ4v) is 2.26. The number of hydrogen-bond donors (Lipinski definition) is 2. The van der Waals surface area contributed by atoms with Crippen LogP contribution in [-0.2, 0) is 11.3 Å². The quantitative estimate of drug-likeness (QED) is 0.785. The van der Waals surface area contributed by atoms with Gasteiger partial charge in [0.25, 0.3) is 0 Å². The average molecular weight is 279 g/mol. The van der Waals surface area contributed by atoms with E-state index in [1.807, 2.05) is 0 Å². The van der Waals surface area contributed by atoms with Gasteiger partial charge in [-0.25, -0.2) is 4.39 Å². The van der Waals surface area contributed by atoms with Crippen LogP contribution in [0.4, 0.5) is 4.39 Å². The van der Waals surface area contributed by atoms with Crippen LogP contribution in [0, 0.1) is 17.7 Å². The van der Waals surface area contributed by atoms with Crippen LogP contribution < -0.4 is 0 Å². The van der Waals surface area contributed by atoms with E-state index in [1.165, 1.54) is 12.1 Å². The molecular formula is C15H18FNO3. The number of hydrogen-bond acceptors (Lipinski definition) is 4. The third kappa shape index (κ3) is 4.02. The molecule has 1 aliphatic rings. The Morgan fingerprint density at radius 3 is 2.95 bits per heavy atom. The van der Waals surface area contributed by atoms with Crippen LogP contribution >= 0.6 is 0 Å². The summed E-state index contributed by atoms with van der Waals surface area (Å²) < 4.78 is 18.9. The van der Waals surface area contributed by atoms with Gasteiger partial charge in [-0.3, -0.25) is 4.90 Å². The maximum Gasteiger partial charge on any atom is 0.124 e. The second-order valence-electron chi connectivity index (χ2n) is 4.69. The maximum absolute atomic E-state index is 13.6. The molecular weight excluding hydrogens is 261 g/mol. The van der Waals surface area contributed by atoms with Gasteiger partial charge in [0, 0.05) is 18.7 Å². The molecule has 1 aromatic carbocycles. The molecule has 20 heavy (non-hydrogen) atoms. The van der Waals surface area contributed by atoms with Gasteiger partial charge in [0.1, 0.15) is 12.4 Å². The first kappa shape index (κ1) is 14.9. The predicted octanol–water partition coefficient (Wildman–Crippen LogP) is 0.363. The van der Waals surface area contributed by atoms with Crippen molar-refractivity contribution >= 4 is 0 Å². The predicted molar refractivity (Wildman–Crippen MR) is 72.5 cm³/mol. The topological polar surface area (TPSA) is 52.9 Å². The Morgan fingerprint density at radius 2 is 2.20 bits per heavy atom. The summed E-state index contributed by atoms with van der Waals surface area (Å²) in [6.07, 6.45) is 0. The number of rotatable bonds is 3. The van der Waals surface area contributed by atoms with Gasteiger partial charge in [-0.1, -0.05) is 11.8 Å². The summed E-state index contributed by atoms with van der Waals surface area (Å²) in [4.78, 5) is 2.07. The highest BCUT2D eigenvalue weighted by Crippen LogP contribution is 2.15. The van der Waals surface area contributed by atoms with Crippen LogP contribution in [0.15, 0.2) is 18.2 Å². The molecule has 1 aliphatic heterocycles. The van der Waals surface area contributed by atoms with E-state index in [9.17, 15) is 9.50 Å². The third-order valence-electron chi connectivity index (χ3n) is 3.22. The minimum absolute atomic E-state index is 0.0203. The molecule has 0 radical (unpaired) electrons. The average Bonchev–Trinajstić information content (AvgIpc) is 2.45.